The number of aromatic nitrogens is 2. The Bertz CT molecular complexity index is 774. The normalized spacial score (nSPS) is 16.3. The van der Waals surface area contributed by atoms with Crippen molar-refractivity contribution in [3.05, 3.63) is 42.2 Å². The smallest absolute Gasteiger partial charge is 0.407 e. The Morgan fingerprint density at radius 3 is 2.83 bits per heavy atom. The lowest BCUT2D eigenvalue weighted by atomic mass is 10.1. The Morgan fingerprint density at radius 2 is 2.12 bits per heavy atom. The van der Waals surface area contributed by atoms with E-state index in [-0.39, 0.29) is 11.5 Å². The molecule has 2 aromatic heterocycles. The maximum atomic E-state index is 11.8. The third-order valence-electron chi connectivity index (χ3n) is 3.97. The molecule has 2 heterocycles. The number of carbonyl (C=O) groups is 1. The molecule has 5 heteroatoms. The van der Waals surface area contributed by atoms with Gasteiger partial charge in [0.15, 0.2) is 5.65 Å². The molecule has 0 bridgehead atoms. The second-order valence-electron chi connectivity index (χ2n) is 7.34. The summed E-state index contributed by atoms with van der Waals surface area (Å²) in [6.07, 6.45) is 7.65. The lowest BCUT2D eigenvalue weighted by Gasteiger charge is -2.20. The highest BCUT2D eigenvalue weighted by atomic mass is 16.6. The first kappa shape index (κ1) is 16.4. The van der Waals surface area contributed by atoms with Crippen LogP contribution in [0.5, 0.6) is 0 Å². The van der Waals surface area contributed by atoms with Gasteiger partial charge in [-0.05, 0) is 64.0 Å². The van der Waals surface area contributed by atoms with Gasteiger partial charge in [0.25, 0.3) is 0 Å². The van der Waals surface area contributed by atoms with Crippen molar-refractivity contribution in [2.24, 2.45) is 5.41 Å². The Kier molecular flexibility index (Phi) is 4.26. The first-order valence-corrected chi connectivity index (χ1v) is 8.23. The van der Waals surface area contributed by atoms with Crippen LogP contribution >= 0.6 is 0 Å². The number of fused-ring (bicyclic) bond motifs is 1. The van der Waals surface area contributed by atoms with Crippen LogP contribution in [0.4, 0.5) is 4.79 Å². The van der Waals surface area contributed by atoms with E-state index in [0.29, 0.717) is 6.54 Å². The second kappa shape index (κ2) is 6.23. The molecule has 0 unspecified atom stereocenters. The third kappa shape index (κ3) is 4.31. The Balaban J connectivity index is 1.61. The number of rotatable bonds is 4. The van der Waals surface area contributed by atoms with Crippen LogP contribution in [0.1, 0.15) is 39.3 Å². The van der Waals surface area contributed by atoms with E-state index in [1.807, 2.05) is 51.1 Å². The average Bonchev–Trinajstić information content (AvgIpc) is 3.30. The van der Waals surface area contributed by atoms with E-state index in [9.17, 15) is 4.79 Å². The van der Waals surface area contributed by atoms with Crippen molar-refractivity contribution in [3.63, 3.8) is 0 Å². The molecule has 1 N–H and O–H groups in total. The predicted octanol–water partition coefficient (Wildman–Crippen LogP) is 3.95. The van der Waals surface area contributed by atoms with Crippen LogP contribution in [-0.2, 0) is 4.74 Å². The van der Waals surface area contributed by atoms with Crippen molar-refractivity contribution in [3.8, 4) is 0 Å². The van der Waals surface area contributed by atoms with E-state index in [0.717, 1.165) is 29.6 Å². The van der Waals surface area contributed by atoms with Gasteiger partial charge in [-0.25, -0.2) is 14.8 Å². The van der Waals surface area contributed by atoms with Gasteiger partial charge in [0.1, 0.15) is 5.60 Å². The minimum Gasteiger partial charge on any atom is -0.444 e. The Labute approximate surface area is 142 Å². The largest absolute Gasteiger partial charge is 0.444 e. The van der Waals surface area contributed by atoms with Crippen molar-refractivity contribution in [2.75, 3.05) is 6.54 Å². The zero-order chi connectivity index (χ0) is 17.2. The van der Waals surface area contributed by atoms with Crippen LogP contribution in [0.25, 0.3) is 17.1 Å². The molecule has 1 saturated carbocycles. The molecule has 1 fully saturated rings. The first-order chi connectivity index (χ1) is 11.4. The Hall–Kier alpha value is -2.43. The molecule has 0 aliphatic heterocycles. The fourth-order valence-electron chi connectivity index (χ4n) is 2.45. The van der Waals surface area contributed by atoms with E-state index >= 15 is 0 Å². The van der Waals surface area contributed by atoms with Crippen LogP contribution in [0.3, 0.4) is 0 Å². The number of pyridine rings is 2. The molecule has 3 rings (SSSR count). The van der Waals surface area contributed by atoms with Gasteiger partial charge in [0, 0.05) is 23.5 Å². The lowest BCUT2D eigenvalue weighted by molar-refractivity contribution is 0.0520. The summed E-state index contributed by atoms with van der Waals surface area (Å²) in [7, 11) is 0. The van der Waals surface area contributed by atoms with Gasteiger partial charge in [-0.15, -0.1) is 0 Å². The zero-order valence-corrected chi connectivity index (χ0v) is 14.4. The summed E-state index contributed by atoms with van der Waals surface area (Å²) in [6, 6.07) is 7.91. The summed E-state index contributed by atoms with van der Waals surface area (Å²) in [5.41, 5.74) is 1.18. The fourth-order valence-corrected chi connectivity index (χ4v) is 2.45. The van der Waals surface area contributed by atoms with Crippen molar-refractivity contribution in [1.29, 1.82) is 0 Å². The van der Waals surface area contributed by atoms with E-state index in [1.54, 1.807) is 6.20 Å². The molecule has 1 aliphatic carbocycles. The van der Waals surface area contributed by atoms with Crippen molar-refractivity contribution in [1.82, 2.24) is 15.3 Å². The van der Waals surface area contributed by atoms with Gasteiger partial charge in [-0.2, -0.15) is 0 Å². The number of carbonyl (C=O) groups excluding carboxylic acids is 1. The average molecular weight is 325 g/mol. The zero-order valence-electron chi connectivity index (χ0n) is 14.4. The van der Waals surface area contributed by atoms with Gasteiger partial charge in [-0.1, -0.05) is 6.08 Å². The van der Waals surface area contributed by atoms with E-state index in [4.69, 9.17) is 4.74 Å². The van der Waals surface area contributed by atoms with Gasteiger partial charge < -0.3 is 10.1 Å². The highest BCUT2D eigenvalue weighted by Gasteiger charge is 2.40. The summed E-state index contributed by atoms with van der Waals surface area (Å²) in [4.78, 5) is 20.6. The van der Waals surface area contributed by atoms with Crippen molar-refractivity contribution >= 4 is 23.2 Å². The number of hydrogen-bond acceptors (Lipinski definition) is 4. The molecule has 2 aromatic rings. The minimum atomic E-state index is -0.474. The van der Waals surface area contributed by atoms with Crippen molar-refractivity contribution < 1.29 is 9.53 Å². The number of amides is 1. The monoisotopic (exact) mass is 325 g/mol. The van der Waals surface area contributed by atoms with Crippen LogP contribution < -0.4 is 5.32 Å². The SMILES string of the molecule is CC(C)(C)OC(=O)NCC1(/C=C/c2ccc3cccnc3n2)CC1. The minimum absolute atomic E-state index is 0.0255. The molecule has 1 amide bonds. The van der Waals surface area contributed by atoms with Crippen molar-refractivity contribution in [2.45, 2.75) is 39.2 Å². The maximum absolute atomic E-state index is 11.8. The van der Waals surface area contributed by atoms with E-state index in [2.05, 4.69) is 21.4 Å². The van der Waals surface area contributed by atoms with Crippen LogP contribution in [-0.4, -0.2) is 28.2 Å². The summed E-state index contributed by atoms with van der Waals surface area (Å²) < 4.78 is 5.28. The van der Waals surface area contributed by atoms with Gasteiger partial charge in [0.2, 0.25) is 0 Å². The summed E-state index contributed by atoms with van der Waals surface area (Å²) in [5.74, 6) is 0. The fraction of sp³-hybridized carbons (Fsp3) is 0.421. The third-order valence-corrected chi connectivity index (χ3v) is 3.97. The standard InChI is InChI=1S/C19H23N3O2/c1-18(2,3)24-17(23)21-13-19(10-11-19)9-8-15-7-6-14-5-4-12-20-16(14)22-15/h4-9,12H,10-11,13H2,1-3H3,(H,21,23)/b9-8+. The van der Waals surface area contributed by atoms with E-state index < -0.39 is 5.60 Å². The molecule has 1 aliphatic rings. The molecule has 0 radical (unpaired) electrons. The molecular formula is C19H23N3O2. The quantitative estimate of drug-likeness (QED) is 0.924. The molecule has 24 heavy (non-hydrogen) atoms. The predicted molar refractivity (Wildman–Crippen MR) is 94.5 cm³/mol. The molecule has 0 spiro atoms. The van der Waals surface area contributed by atoms with E-state index in [1.165, 1.54) is 0 Å². The van der Waals surface area contributed by atoms with Crippen LogP contribution in [0, 0.1) is 5.41 Å². The molecule has 0 atom stereocenters. The molecule has 126 valence electrons. The number of alkyl carbamates (subject to hydrolysis) is 1. The highest BCUT2D eigenvalue weighted by Crippen LogP contribution is 2.46. The summed E-state index contributed by atoms with van der Waals surface area (Å²) in [6.45, 7) is 6.17. The van der Waals surface area contributed by atoms with Crippen LogP contribution in [0.15, 0.2) is 36.5 Å². The lowest BCUT2D eigenvalue weighted by Crippen LogP contribution is -2.35. The van der Waals surface area contributed by atoms with Gasteiger partial charge in [-0.3, -0.25) is 0 Å². The molecule has 0 aromatic carbocycles. The van der Waals surface area contributed by atoms with Gasteiger partial charge >= 0.3 is 6.09 Å². The number of ether oxygens (including phenoxy) is 1. The second-order valence-corrected chi connectivity index (χ2v) is 7.34. The molecular weight excluding hydrogens is 302 g/mol. The Morgan fingerprint density at radius 1 is 1.33 bits per heavy atom. The molecule has 5 nitrogen and oxygen atoms in total. The number of hydrogen-bond donors (Lipinski definition) is 1. The summed E-state index contributed by atoms with van der Waals surface area (Å²) in [5, 5.41) is 3.89. The summed E-state index contributed by atoms with van der Waals surface area (Å²) >= 11 is 0. The molecule has 0 saturated heterocycles. The first-order valence-electron chi connectivity index (χ1n) is 8.23. The number of nitrogens with zero attached hydrogens (tertiary/aromatic N) is 2. The maximum Gasteiger partial charge on any atom is 0.407 e. The number of nitrogens with one attached hydrogen (secondary N) is 1. The topological polar surface area (TPSA) is 64.1 Å². The highest BCUT2D eigenvalue weighted by molar-refractivity contribution is 5.75. The van der Waals surface area contributed by atoms with Crippen LogP contribution in [0.2, 0.25) is 0 Å². The van der Waals surface area contributed by atoms with Gasteiger partial charge in [0.05, 0.1) is 5.69 Å².